The van der Waals surface area contributed by atoms with E-state index in [4.69, 9.17) is 4.74 Å². The molecule has 2 aromatic heterocycles. The molecule has 0 unspecified atom stereocenters. The Bertz CT molecular complexity index is 1200. The summed E-state index contributed by atoms with van der Waals surface area (Å²) >= 11 is 0. The Kier molecular flexibility index (Phi) is 4.35. The molecule has 4 rings (SSSR count). The number of nitrogens with zero attached hydrogens (tertiary/aromatic N) is 1. The van der Waals surface area contributed by atoms with E-state index in [2.05, 4.69) is 9.97 Å². The zero-order valence-electron chi connectivity index (χ0n) is 14.6. The van der Waals surface area contributed by atoms with Gasteiger partial charge in [0.25, 0.3) is 0 Å². The predicted molar refractivity (Wildman–Crippen MR) is 97.8 cm³/mol. The third-order valence-corrected chi connectivity index (χ3v) is 4.40. The molecular weight excluding hydrogens is 369 g/mol. The highest BCUT2D eigenvalue weighted by Crippen LogP contribution is 2.29. The highest BCUT2D eigenvalue weighted by atomic mass is 19.1. The van der Waals surface area contributed by atoms with E-state index >= 15 is 0 Å². The Balaban J connectivity index is 1.84. The number of ketones is 1. The lowest BCUT2D eigenvalue weighted by atomic mass is 10.0. The van der Waals surface area contributed by atoms with E-state index in [-0.39, 0.29) is 22.4 Å². The molecule has 4 nitrogen and oxygen atoms in total. The molecule has 0 atom stereocenters. The maximum absolute atomic E-state index is 14.5. The van der Waals surface area contributed by atoms with E-state index in [1.807, 2.05) is 0 Å². The smallest absolute Gasteiger partial charge is 0.198 e. The summed E-state index contributed by atoms with van der Waals surface area (Å²) in [4.78, 5) is 20.0. The Labute approximate surface area is 157 Å². The monoisotopic (exact) mass is 382 g/mol. The maximum atomic E-state index is 14.5. The van der Waals surface area contributed by atoms with Crippen molar-refractivity contribution in [3.8, 4) is 16.9 Å². The molecule has 0 aliphatic carbocycles. The van der Waals surface area contributed by atoms with Crippen molar-refractivity contribution in [2.75, 3.05) is 7.11 Å². The van der Waals surface area contributed by atoms with E-state index < -0.39 is 23.2 Å². The highest BCUT2D eigenvalue weighted by Gasteiger charge is 2.21. The molecule has 0 amide bonds. The van der Waals surface area contributed by atoms with Crippen molar-refractivity contribution in [3.63, 3.8) is 0 Å². The molecule has 1 N–H and O–H groups in total. The van der Waals surface area contributed by atoms with Gasteiger partial charge in [-0.1, -0.05) is 6.07 Å². The molecule has 28 heavy (non-hydrogen) atoms. The maximum Gasteiger partial charge on any atom is 0.198 e. The molecule has 0 fully saturated rings. The Morgan fingerprint density at radius 1 is 1.00 bits per heavy atom. The Morgan fingerprint density at radius 3 is 2.46 bits per heavy atom. The third-order valence-electron chi connectivity index (χ3n) is 4.40. The lowest BCUT2D eigenvalue weighted by Crippen LogP contribution is -2.05. The number of nitrogens with one attached hydrogen (secondary N) is 1. The number of fused-ring (bicyclic) bond motifs is 1. The summed E-state index contributed by atoms with van der Waals surface area (Å²) in [6.07, 6.45) is 2.86. The van der Waals surface area contributed by atoms with Gasteiger partial charge in [-0.25, -0.2) is 18.2 Å². The molecule has 0 radical (unpaired) electrons. The van der Waals surface area contributed by atoms with Crippen molar-refractivity contribution < 1.29 is 22.7 Å². The number of aromatic amines is 1. The third kappa shape index (κ3) is 3.00. The minimum absolute atomic E-state index is 0.0419. The summed E-state index contributed by atoms with van der Waals surface area (Å²) in [5, 5.41) is 0.411. The molecule has 4 aromatic rings. The van der Waals surface area contributed by atoms with Gasteiger partial charge in [0.1, 0.15) is 17.3 Å². The number of ether oxygens (including phenoxy) is 1. The van der Waals surface area contributed by atoms with Crippen LogP contribution in [-0.2, 0) is 0 Å². The lowest BCUT2D eigenvalue weighted by Gasteiger charge is -2.07. The van der Waals surface area contributed by atoms with Crippen LogP contribution in [0.5, 0.6) is 5.75 Å². The zero-order chi connectivity index (χ0) is 19.8. The first-order chi connectivity index (χ1) is 13.5. The highest BCUT2D eigenvalue weighted by molar-refractivity contribution is 6.16. The summed E-state index contributed by atoms with van der Waals surface area (Å²) in [6, 6.07) is 8.98. The number of carbonyl (C=O) groups is 1. The van der Waals surface area contributed by atoms with Crippen molar-refractivity contribution >= 4 is 16.8 Å². The van der Waals surface area contributed by atoms with Gasteiger partial charge in [-0.05, 0) is 35.9 Å². The van der Waals surface area contributed by atoms with Crippen molar-refractivity contribution in [2.45, 2.75) is 0 Å². The summed E-state index contributed by atoms with van der Waals surface area (Å²) in [7, 11) is 1.31. The number of halogens is 3. The van der Waals surface area contributed by atoms with Gasteiger partial charge >= 0.3 is 0 Å². The molecular formula is C21H13F3N2O2. The minimum atomic E-state index is -0.763. The normalized spacial score (nSPS) is 11.0. The number of pyridine rings is 1. The van der Waals surface area contributed by atoms with Crippen LogP contribution in [0.25, 0.3) is 22.2 Å². The Hall–Kier alpha value is -3.61. The predicted octanol–water partition coefficient (Wildman–Crippen LogP) is 4.89. The average Bonchev–Trinajstić information content (AvgIpc) is 3.10. The fourth-order valence-electron chi connectivity index (χ4n) is 3.06. The zero-order valence-corrected chi connectivity index (χ0v) is 14.6. The first-order valence-corrected chi connectivity index (χ1v) is 8.28. The number of hydrogen-bond acceptors (Lipinski definition) is 3. The number of hydrogen-bond donors (Lipinski definition) is 1. The second-order valence-electron chi connectivity index (χ2n) is 6.13. The quantitative estimate of drug-likeness (QED) is 0.512. The fraction of sp³-hybridized carbons (Fsp3) is 0.0476. The van der Waals surface area contributed by atoms with Crippen LogP contribution in [0, 0.1) is 17.5 Å². The summed E-state index contributed by atoms with van der Waals surface area (Å²) in [5.74, 6) is -2.81. The molecule has 0 spiro atoms. The summed E-state index contributed by atoms with van der Waals surface area (Å²) in [6.45, 7) is 0. The van der Waals surface area contributed by atoms with E-state index in [0.717, 1.165) is 6.07 Å². The van der Waals surface area contributed by atoms with E-state index in [9.17, 15) is 18.0 Å². The largest absolute Gasteiger partial charge is 0.494 e. The number of aromatic nitrogens is 2. The molecule has 2 heterocycles. The van der Waals surface area contributed by atoms with Gasteiger partial charge in [0.2, 0.25) is 0 Å². The molecule has 0 aliphatic heterocycles. The van der Waals surface area contributed by atoms with Gasteiger partial charge in [-0.2, -0.15) is 0 Å². The van der Waals surface area contributed by atoms with Gasteiger partial charge in [0.05, 0.1) is 12.7 Å². The molecule has 0 saturated carbocycles. The first kappa shape index (κ1) is 17.8. The molecule has 0 saturated heterocycles. The standard InChI is InChI=1S/C21H13F3N2O2/c1-28-18-4-2-3-15(19(18)24)20(27)17-10-26-21-16(17)7-12(9-25-21)11-5-13(22)8-14(23)6-11/h2-10H,1H3,(H,25,26). The van der Waals surface area contributed by atoms with E-state index in [1.54, 1.807) is 6.07 Å². The molecule has 0 aliphatic rings. The molecule has 140 valence electrons. The number of carbonyl (C=O) groups excluding carboxylic acids is 1. The van der Waals surface area contributed by atoms with Gasteiger partial charge in [0.15, 0.2) is 17.3 Å². The fourth-order valence-corrected chi connectivity index (χ4v) is 3.06. The number of rotatable bonds is 4. The first-order valence-electron chi connectivity index (χ1n) is 8.28. The molecule has 2 aromatic carbocycles. The van der Waals surface area contributed by atoms with Crippen LogP contribution in [0.4, 0.5) is 13.2 Å². The van der Waals surface area contributed by atoms with Crippen molar-refractivity contribution in [3.05, 3.63) is 83.4 Å². The van der Waals surface area contributed by atoms with Crippen molar-refractivity contribution in [2.24, 2.45) is 0 Å². The second-order valence-corrected chi connectivity index (χ2v) is 6.13. The van der Waals surface area contributed by atoms with E-state index in [0.29, 0.717) is 16.6 Å². The summed E-state index contributed by atoms with van der Waals surface area (Å²) < 4.78 is 46.5. The van der Waals surface area contributed by atoms with Gasteiger partial charge in [-0.3, -0.25) is 4.79 Å². The number of H-pyrrole nitrogens is 1. The lowest BCUT2D eigenvalue weighted by molar-refractivity contribution is 0.103. The van der Waals surface area contributed by atoms with Crippen molar-refractivity contribution in [1.82, 2.24) is 9.97 Å². The molecule has 0 bridgehead atoms. The van der Waals surface area contributed by atoms with Crippen LogP contribution in [0.1, 0.15) is 15.9 Å². The molecule has 7 heteroatoms. The van der Waals surface area contributed by atoms with Gasteiger partial charge in [-0.15, -0.1) is 0 Å². The Morgan fingerprint density at radius 2 is 1.75 bits per heavy atom. The summed E-state index contributed by atoms with van der Waals surface area (Å²) in [5.41, 5.74) is 1.13. The average molecular weight is 382 g/mol. The minimum Gasteiger partial charge on any atom is -0.494 e. The van der Waals surface area contributed by atoms with Crippen molar-refractivity contribution in [1.29, 1.82) is 0 Å². The van der Waals surface area contributed by atoms with Crippen LogP contribution in [0.3, 0.4) is 0 Å². The van der Waals surface area contributed by atoms with Crippen LogP contribution in [0.2, 0.25) is 0 Å². The van der Waals surface area contributed by atoms with Gasteiger partial charge < -0.3 is 9.72 Å². The topological polar surface area (TPSA) is 55.0 Å². The number of methoxy groups -OCH3 is 1. The van der Waals surface area contributed by atoms with Gasteiger partial charge in [0, 0.05) is 35.0 Å². The SMILES string of the molecule is COc1cccc(C(=O)c2c[nH]c3ncc(-c4cc(F)cc(F)c4)cc23)c1F. The number of benzene rings is 2. The van der Waals surface area contributed by atoms with Crippen LogP contribution < -0.4 is 4.74 Å². The second kappa shape index (κ2) is 6.84. The van der Waals surface area contributed by atoms with E-state index in [1.165, 1.54) is 49.8 Å². The van der Waals surface area contributed by atoms with Crippen LogP contribution in [-0.4, -0.2) is 22.9 Å². The van der Waals surface area contributed by atoms with Crippen LogP contribution >= 0.6 is 0 Å². The van der Waals surface area contributed by atoms with Crippen LogP contribution in [0.15, 0.2) is 54.9 Å².